The van der Waals surface area contributed by atoms with Crippen LogP contribution in [-0.4, -0.2) is 126 Å². The molecule has 7 atom stereocenters. The number of carbonyl (C=O) groups is 4. The number of aromatic nitrogens is 1. The Morgan fingerprint density at radius 3 is 2.42 bits per heavy atom. The summed E-state index contributed by atoms with van der Waals surface area (Å²) in [7, 11) is -1.19. The zero-order chi connectivity index (χ0) is 45.7. The van der Waals surface area contributed by atoms with Crippen LogP contribution in [0.25, 0.3) is 10.8 Å². The van der Waals surface area contributed by atoms with Crippen molar-refractivity contribution in [3.8, 4) is 11.6 Å². The lowest BCUT2D eigenvalue weighted by Gasteiger charge is -2.45. The van der Waals surface area contributed by atoms with Crippen molar-refractivity contribution in [2.45, 2.75) is 120 Å². The van der Waals surface area contributed by atoms with Gasteiger partial charge >= 0.3 is 12.3 Å². The van der Waals surface area contributed by atoms with Gasteiger partial charge in [-0.1, -0.05) is 26.0 Å². The van der Waals surface area contributed by atoms with Crippen LogP contribution in [0, 0.1) is 17.8 Å². The normalized spacial score (nSPS) is 27.8. The van der Waals surface area contributed by atoms with E-state index >= 15 is 4.79 Å². The van der Waals surface area contributed by atoms with Gasteiger partial charge in [0, 0.05) is 31.3 Å². The molecule has 342 valence electrons. The maximum absolute atomic E-state index is 15.1. The molecule has 62 heavy (non-hydrogen) atoms. The summed E-state index contributed by atoms with van der Waals surface area (Å²) in [6.07, 6.45) is -4.04. The van der Waals surface area contributed by atoms with Gasteiger partial charge in [0.25, 0.3) is 5.91 Å². The van der Waals surface area contributed by atoms with E-state index in [0.717, 1.165) is 4.90 Å². The molecule has 1 saturated heterocycles. The molecule has 2 aliphatic heterocycles. The third kappa shape index (κ3) is 8.71. The smallest absolute Gasteiger partial charge is 0.411 e. The van der Waals surface area contributed by atoms with Gasteiger partial charge < -0.3 is 29.7 Å². The van der Waals surface area contributed by atoms with Gasteiger partial charge in [-0.15, -0.1) is 0 Å². The van der Waals surface area contributed by atoms with Gasteiger partial charge in [0.05, 0.1) is 13.7 Å². The molecule has 0 spiro atoms. The molecule has 0 bridgehead atoms. The first-order valence-corrected chi connectivity index (χ1v) is 22.3. The van der Waals surface area contributed by atoms with Crippen molar-refractivity contribution < 1.29 is 59.7 Å². The second-order valence-corrected chi connectivity index (χ2v) is 19.9. The number of carbonyl (C=O) groups excluding carboxylic acids is 3. The molecule has 1 aromatic heterocycles. The summed E-state index contributed by atoms with van der Waals surface area (Å²) in [6, 6.07) is 3.51. The van der Waals surface area contributed by atoms with E-state index in [1.165, 1.54) is 14.0 Å². The number of benzene rings is 1. The van der Waals surface area contributed by atoms with Crippen LogP contribution in [0.4, 0.5) is 28.2 Å². The largest absolute Gasteiger partial charge is 0.497 e. The minimum absolute atomic E-state index is 0.000936. The molecule has 2 aromatic rings. The van der Waals surface area contributed by atoms with E-state index in [1.54, 1.807) is 30.4 Å². The number of ether oxygens (including phenoxy) is 2. The van der Waals surface area contributed by atoms with Crippen molar-refractivity contribution in [1.82, 2.24) is 24.8 Å². The highest BCUT2D eigenvalue weighted by atomic mass is 32.2. The molecule has 4 amide bonds. The number of carboxylic acid groups (broad SMARTS) is 1. The number of anilines is 1. The van der Waals surface area contributed by atoms with Crippen LogP contribution in [0.1, 0.15) is 79.6 Å². The topological polar surface area (TPSA) is 188 Å². The molecule has 2 saturated carbocycles. The van der Waals surface area contributed by atoms with Crippen LogP contribution < -0.4 is 24.4 Å². The highest BCUT2D eigenvalue weighted by Gasteiger charge is 2.64. The first kappa shape index (κ1) is 46.6. The SMILES string of the molecule is CCN(C)c1cc2cc(OC)ccc2c(O[C@@H]2C[C@H]3C(=O)N[C@]4(C(=O)NS(=O)(=O)C5(CF)CC5)C[C@H]4C=CCC[C@H](C)C[C@@H](C)[C@H](N(C(=O)O)C(C)(C)C(F)(F)F)C(=O)N3C2)n1. The van der Waals surface area contributed by atoms with Gasteiger partial charge in [-0.25, -0.2) is 17.6 Å². The van der Waals surface area contributed by atoms with Crippen molar-refractivity contribution in [1.29, 1.82) is 0 Å². The number of hydrogen-bond donors (Lipinski definition) is 3. The number of nitrogens with zero attached hydrogens (tertiary/aromatic N) is 4. The van der Waals surface area contributed by atoms with Crippen LogP contribution in [0.3, 0.4) is 0 Å². The number of hydrogen-bond acceptors (Lipinski definition) is 10. The van der Waals surface area contributed by atoms with Gasteiger partial charge in [-0.3, -0.25) is 24.0 Å². The van der Waals surface area contributed by atoms with Crippen molar-refractivity contribution in [2.75, 3.05) is 38.8 Å². The lowest BCUT2D eigenvalue weighted by atomic mass is 9.85. The molecule has 1 aromatic carbocycles. The van der Waals surface area contributed by atoms with E-state index in [1.807, 2.05) is 36.6 Å². The highest BCUT2D eigenvalue weighted by molar-refractivity contribution is 7.91. The zero-order valence-electron chi connectivity index (χ0n) is 35.9. The van der Waals surface area contributed by atoms with E-state index < -0.39 is 99.1 Å². The summed E-state index contributed by atoms with van der Waals surface area (Å²) >= 11 is 0. The zero-order valence-corrected chi connectivity index (χ0v) is 36.7. The van der Waals surface area contributed by atoms with Gasteiger partial charge in [-0.2, -0.15) is 18.2 Å². The number of fused-ring (bicyclic) bond motifs is 3. The number of nitrogens with one attached hydrogen (secondary N) is 2. The highest BCUT2D eigenvalue weighted by Crippen LogP contribution is 2.48. The average Bonchev–Trinajstić information content (AvgIpc) is 4.11. The molecule has 3 fully saturated rings. The van der Waals surface area contributed by atoms with E-state index in [9.17, 15) is 45.5 Å². The monoisotopic (exact) mass is 896 g/mol. The van der Waals surface area contributed by atoms with Gasteiger partial charge in [0.2, 0.25) is 27.7 Å². The second kappa shape index (κ2) is 17.0. The summed E-state index contributed by atoms with van der Waals surface area (Å²) in [5.41, 5.74) is -4.92. The maximum atomic E-state index is 15.1. The predicted molar refractivity (Wildman–Crippen MR) is 221 cm³/mol. The first-order valence-electron chi connectivity index (χ1n) is 20.8. The van der Waals surface area contributed by atoms with Crippen LogP contribution >= 0.6 is 0 Å². The molecule has 2 aliphatic carbocycles. The van der Waals surface area contributed by atoms with Crippen LogP contribution in [-0.2, 0) is 24.4 Å². The third-order valence-corrected chi connectivity index (χ3v) is 15.2. The van der Waals surface area contributed by atoms with E-state index in [-0.39, 0.29) is 48.8 Å². The van der Waals surface area contributed by atoms with E-state index in [4.69, 9.17) is 14.5 Å². The van der Waals surface area contributed by atoms with Crippen LogP contribution in [0.2, 0.25) is 0 Å². The Morgan fingerprint density at radius 1 is 1.13 bits per heavy atom. The number of sulfonamides is 1. The number of rotatable bonds is 11. The Kier molecular flexibility index (Phi) is 12.8. The molecule has 0 unspecified atom stereocenters. The fraction of sp³-hybridized carbons (Fsp3) is 0.643. The lowest BCUT2D eigenvalue weighted by molar-refractivity contribution is -0.222. The van der Waals surface area contributed by atoms with E-state index in [2.05, 4.69) is 5.32 Å². The number of alkyl halides is 4. The molecule has 0 radical (unpaired) electrons. The fourth-order valence-electron chi connectivity index (χ4n) is 8.66. The van der Waals surface area contributed by atoms with Crippen molar-refractivity contribution in [3.05, 3.63) is 36.4 Å². The Labute approximate surface area is 358 Å². The quantitative estimate of drug-likeness (QED) is 0.189. The Morgan fingerprint density at radius 2 is 1.82 bits per heavy atom. The standard InChI is InChI=1S/C42H56F4N6O9S/c1-8-50(6)32-19-26-18-28(60-7)13-14-30(26)35(47-32)61-29-20-31-34(53)48-41(37(55)49-62(58,59)40(23-43)15-16-40)21-27(41)12-10-9-11-24(2)17-25(3)33(36(54)51(31)22-29)52(38(56)57)39(4,5)42(44,45)46/h10,12-14,18-19,24-25,27,29,31,33H,8-9,11,15-17,20-23H2,1-7H3,(H,48,53)(H,49,55)(H,56,57)/t24-,25+,27+,29+,31-,33-,41+/m0/s1. The minimum atomic E-state index is -5.12. The second-order valence-electron chi connectivity index (χ2n) is 17.9. The Bertz CT molecular complexity index is 2220. The molecule has 3 N–H and O–H groups in total. The van der Waals surface area contributed by atoms with E-state index in [0.29, 0.717) is 55.6 Å². The number of methoxy groups -OCH3 is 1. The van der Waals surface area contributed by atoms with Crippen molar-refractivity contribution >= 4 is 50.4 Å². The van der Waals surface area contributed by atoms with Gasteiger partial charge in [0.1, 0.15) is 52.3 Å². The molecular formula is C42H56F4N6O9S. The Hall–Kier alpha value is -4.88. The van der Waals surface area contributed by atoms with Crippen molar-refractivity contribution in [2.24, 2.45) is 17.8 Å². The summed E-state index contributed by atoms with van der Waals surface area (Å²) < 4.78 is 97.0. The molecule has 20 heteroatoms. The first-order chi connectivity index (χ1) is 29.0. The van der Waals surface area contributed by atoms with Gasteiger partial charge in [-0.05, 0) is 101 Å². The fourth-order valence-corrected chi connectivity index (χ4v) is 10.1. The third-order valence-electron chi connectivity index (χ3n) is 13.1. The number of pyridine rings is 1. The summed E-state index contributed by atoms with van der Waals surface area (Å²) in [5, 5.41) is 14.4. The maximum Gasteiger partial charge on any atom is 0.411 e. The summed E-state index contributed by atoms with van der Waals surface area (Å²) in [5.74, 6) is -3.89. The number of allylic oxidation sites excluding steroid dienone is 1. The lowest BCUT2D eigenvalue weighted by Crippen LogP contribution is -2.66. The predicted octanol–water partition coefficient (Wildman–Crippen LogP) is 5.57. The van der Waals surface area contributed by atoms with Crippen LogP contribution in [0.5, 0.6) is 11.6 Å². The molecule has 6 rings (SSSR count). The average molecular weight is 897 g/mol. The van der Waals surface area contributed by atoms with Gasteiger partial charge in [0.15, 0.2) is 0 Å². The molecule has 4 aliphatic rings. The summed E-state index contributed by atoms with van der Waals surface area (Å²) in [6.45, 7) is 5.54. The number of halogens is 4. The molecule has 15 nitrogen and oxygen atoms in total. The van der Waals surface area contributed by atoms with Crippen LogP contribution in [0.15, 0.2) is 36.4 Å². The van der Waals surface area contributed by atoms with Crippen molar-refractivity contribution in [3.63, 3.8) is 0 Å². The summed E-state index contributed by atoms with van der Waals surface area (Å²) in [4.78, 5) is 64.5. The number of amides is 4. The molecular weight excluding hydrogens is 841 g/mol. The Balaban J connectivity index is 1.45. The molecule has 3 heterocycles. The minimum Gasteiger partial charge on any atom is -0.497 e.